The monoisotopic (exact) mass is 390 g/mol. The number of para-hydroxylation sites is 2. The molecule has 4 heteroatoms. The molecule has 0 fully saturated rings. The van der Waals surface area contributed by atoms with Crippen LogP contribution < -0.4 is 4.74 Å². The second-order valence-corrected chi connectivity index (χ2v) is 7.68. The molecule has 0 saturated carbocycles. The summed E-state index contributed by atoms with van der Waals surface area (Å²) >= 11 is 5.96. The molecule has 0 aliphatic rings. The van der Waals surface area contributed by atoms with Gasteiger partial charge in [0.15, 0.2) is 0 Å². The number of hydrogen-bond donors (Lipinski definition) is 0. The molecule has 0 saturated heterocycles. The van der Waals surface area contributed by atoms with E-state index >= 15 is 0 Å². The summed E-state index contributed by atoms with van der Waals surface area (Å²) < 4.78 is 8.20. The summed E-state index contributed by atoms with van der Waals surface area (Å²) in [6.45, 7) is 5.59. The molecule has 0 unspecified atom stereocenters. The minimum Gasteiger partial charge on any atom is -0.486 e. The normalized spacial score (nSPS) is 11.3. The third kappa shape index (κ3) is 4.05. The van der Waals surface area contributed by atoms with Crippen LogP contribution in [0.25, 0.3) is 11.0 Å². The van der Waals surface area contributed by atoms with E-state index in [0.29, 0.717) is 17.5 Å². The van der Waals surface area contributed by atoms with Crippen LogP contribution in [-0.2, 0) is 13.2 Å². The van der Waals surface area contributed by atoms with Gasteiger partial charge in [0, 0.05) is 11.6 Å². The molecule has 0 aliphatic carbocycles. The molecular formula is C24H23ClN2O. The average molecular weight is 391 g/mol. The van der Waals surface area contributed by atoms with E-state index in [2.05, 4.69) is 48.7 Å². The fraction of sp³-hybridized carbons (Fsp3) is 0.208. The Balaban J connectivity index is 1.62. The van der Waals surface area contributed by atoms with E-state index in [1.807, 2.05) is 42.5 Å². The van der Waals surface area contributed by atoms with Crippen molar-refractivity contribution in [1.82, 2.24) is 9.55 Å². The molecule has 4 rings (SSSR count). The smallest absolute Gasteiger partial charge is 0.148 e. The van der Waals surface area contributed by atoms with Crippen molar-refractivity contribution in [3.05, 3.63) is 94.8 Å². The van der Waals surface area contributed by atoms with E-state index in [9.17, 15) is 0 Å². The van der Waals surface area contributed by atoms with Gasteiger partial charge in [-0.25, -0.2) is 4.98 Å². The Morgan fingerprint density at radius 2 is 1.64 bits per heavy atom. The highest BCUT2D eigenvalue weighted by Crippen LogP contribution is 2.22. The third-order valence-corrected chi connectivity index (χ3v) is 5.15. The SMILES string of the molecule is CC(C)c1ccc(Cn2c(COc3ccc(Cl)cc3)nc3ccccc32)cc1. The molecule has 3 nitrogen and oxygen atoms in total. The molecule has 28 heavy (non-hydrogen) atoms. The van der Waals surface area contributed by atoms with Crippen LogP contribution in [0, 0.1) is 0 Å². The van der Waals surface area contributed by atoms with Crippen LogP contribution in [0.5, 0.6) is 5.75 Å². The second-order valence-electron chi connectivity index (χ2n) is 7.24. The first kappa shape index (κ1) is 18.6. The Morgan fingerprint density at radius 1 is 0.929 bits per heavy atom. The molecule has 1 heterocycles. The predicted octanol–water partition coefficient (Wildman–Crippen LogP) is 6.44. The first-order valence-electron chi connectivity index (χ1n) is 9.51. The van der Waals surface area contributed by atoms with Crippen LogP contribution in [0.1, 0.15) is 36.7 Å². The number of hydrogen-bond acceptors (Lipinski definition) is 2. The van der Waals surface area contributed by atoms with Gasteiger partial charge in [0.05, 0.1) is 11.0 Å². The van der Waals surface area contributed by atoms with Gasteiger partial charge in [-0.3, -0.25) is 0 Å². The van der Waals surface area contributed by atoms with Crippen molar-refractivity contribution < 1.29 is 4.74 Å². The number of halogens is 1. The molecule has 0 N–H and O–H groups in total. The van der Waals surface area contributed by atoms with Crippen molar-refractivity contribution in [2.75, 3.05) is 0 Å². The maximum Gasteiger partial charge on any atom is 0.148 e. The molecule has 142 valence electrons. The van der Waals surface area contributed by atoms with E-state index in [0.717, 1.165) is 29.2 Å². The van der Waals surface area contributed by atoms with E-state index in [1.54, 1.807) is 0 Å². The summed E-state index contributed by atoms with van der Waals surface area (Å²) in [7, 11) is 0. The molecule has 0 spiro atoms. The van der Waals surface area contributed by atoms with E-state index in [1.165, 1.54) is 11.1 Å². The number of benzene rings is 3. The summed E-state index contributed by atoms with van der Waals surface area (Å²) in [5.41, 5.74) is 4.70. The lowest BCUT2D eigenvalue weighted by Gasteiger charge is -2.12. The molecule has 3 aromatic carbocycles. The van der Waals surface area contributed by atoms with Crippen LogP contribution in [0.4, 0.5) is 0 Å². The molecule has 0 aliphatic heterocycles. The number of ether oxygens (including phenoxy) is 1. The van der Waals surface area contributed by atoms with Gasteiger partial charge in [0.1, 0.15) is 18.2 Å². The van der Waals surface area contributed by atoms with Crippen LogP contribution in [0.3, 0.4) is 0 Å². The van der Waals surface area contributed by atoms with Gasteiger partial charge in [-0.1, -0.05) is 61.8 Å². The summed E-state index contributed by atoms with van der Waals surface area (Å²) in [4.78, 5) is 4.80. The van der Waals surface area contributed by atoms with Crippen molar-refractivity contribution in [3.8, 4) is 5.75 Å². The van der Waals surface area contributed by atoms with Crippen LogP contribution in [0.15, 0.2) is 72.8 Å². The van der Waals surface area contributed by atoms with Crippen molar-refractivity contribution >= 4 is 22.6 Å². The highest BCUT2D eigenvalue weighted by atomic mass is 35.5. The Morgan fingerprint density at radius 3 is 2.36 bits per heavy atom. The fourth-order valence-corrected chi connectivity index (χ4v) is 3.41. The lowest BCUT2D eigenvalue weighted by atomic mass is 10.0. The predicted molar refractivity (Wildman–Crippen MR) is 115 cm³/mol. The summed E-state index contributed by atoms with van der Waals surface area (Å²) in [5, 5.41) is 0.699. The van der Waals surface area contributed by atoms with Crippen LogP contribution in [-0.4, -0.2) is 9.55 Å². The van der Waals surface area contributed by atoms with Crippen molar-refractivity contribution in [2.45, 2.75) is 32.9 Å². The van der Waals surface area contributed by atoms with Gasteiger partial charge in [0.2, 0.25) is 0 Å². The molecule has 0 radical (unpaired) electrons. The Bertz CT molecular complexity index is 1070. The maximum atomic E-state index is 5.96. The quantitative estimate of drug-likeness (QED) is 0.378. The van der Waals surface area contributed by atoms with Gasteiger partial charge in [-0.2, -0.15) is 0 Å². The fourth-order valence-electron chi connectivity index (χ4n) is 3.28. The Hall–Kier alpha value is -2.78. The zero-order valence-corrected chi connectivity index (χ0v) is 16.9. The molecular weight excluding hydrogens is 368 g/mol. The molecule has 0 bridgehead atoms. The Kier molecular flexibility index (Phi) is 5.36. The molecule has 0 atom stereocenters. The minimum atomic E-state index is 0.403. The lowest BCUT2D eigenvalue weighted by molar-refractivity contribution is 0.291. The third-order valence-electron chi connectivity index (χ3n) is 4.90. The van der Waals surface area contributed by atoms with E-state index in [4.69, 9.17) is 21.3 Å². The van der Waals surface area contributed by atoms with Crippen molar-refractivity contribution in [2.24, 2.45) is 0 Å². The van der Waals surface area contributed by atoms with Crippen LogP contribution in [0.2, 0.25) is 5.02 Å². The topological polar surface area (TPSA) is 27.1 Å². The summed E-state index contributed by atoms with van der Waals surface area (Å²) in [6, 6.07) is 24.4. The van der Waals surface area contributed by atoms with Gasteiger partial charge in [0.25, 0.3) is 0 Å². The summed E-state index contributed by atoms with van der Waals surface area (Å²) in [5.74, 6) is 2.22. The average Bonchev–Trinajstić information content (AvgIpc) is 3.05. The second kappa shape index (κ2) is 8.07. The number of fused-ring (bicyclic) bond motifs is 1. The molecule has 0 amide bonds. The van der Waals surface area contributed by atoms with E-state index < -0.39 is 0 Å². The van der Waals surface area contributed by atoms with E-state index in [-0.39, 0.29) is 0 Å². The zero-order valence-electron chi connectivity index (χ0n) is 16.1. The number of aromatic nitrogens is 2. The first-order chi connectivity index (χ1) is 13.6. The van der Waals surface area contributed by atoms with Gasteiger partial charge < -0.3 is 9.30 Å². The minimum absolute atomic E-state index is 0.403. The van der Waals surface area contributed by atoms with Gasteiger partial charge in [-0.15, -0.1) is 0 Å². The van der Waals surface area contributed by atoms with Gasteiger partial charge in [-0.05, 0) is 53.4 Å². The molecule has 4 aromatic rings. The van der Waals surface area contributed by atoms with Crippen LogP contribution >= 0.6 is 11.6 Å². The van der Waals surface area contributed by atoms with Crippen molar-refractivity contribution in [1.29, 1.82) is 0 Å². The Labute approximate surface area is 170 Å². The zero-order chi connectivity index (χ0) is 19.5. The number of imidazole rings is 1. The summed E-state index contributed by atoms with van der Waals surface area (Å²) in [6.07, 6.45) is 0. The molecule has 1 aromatic heterocycles. The van der Waals surface area contributed by atoms with Gasteiger partial charge >= 0.3 is 0 Å². The first-order valence-corrected chi connectivity index (χ1v) is 9.89. The maximum absolute atomic E-state index is 5.96. The highest BCUT2D eigenvalue weighted by Gasteiger charge is 2.12. The lowest BCUT2D eigenvalue weighted by Crippen LogP contribution is -2.08. The number of nitrogens with zero attached hydrogens (tertiary/aromatic N) is 2. The standard InChI is InChI=1S/C24H23ClN2O/c1-17(2)19-9-7-18(8-10-19)15-27-23-6-4-3-5-22(23)26-24(27)16-28-21-13-11-20(25)12-14-21/h3-14,17H,15-16H2,1-2H3. The van der Waals surface area contributed by atoms with Crippen molar-refractivity contribution in [3.63, 3.8) is 0 Å². The highest BCUT2D eigenvalue weighted by molar-refractivity contribution is 6.30. The largest absolute Gasteiger partial charge is 0.486 e. The number of rotatable bonds is 6.